The molecule has 1 aliphatic carbocycles. The second-order valence-electron chi connectivity index (χ2n) is 4.77. The molecule has 0 bridgehead atoms. The van der Waals surface area contributed by atoms with Gasteiger partial charge in [0.25, 0.3) is 0 Å². The van der Waals surface area contributed by atoms with Gasteiger partial charge in [-0.25, -0.2) is 0 Å². The smallest absolute Gasteiger partial charge is 0.236 e. The Hall–Kier alpha value is -1.34. The highest BCUT2D eigenvalue weighted by Crippen LogP contribution is 2.43. The molecule has 2 rings (SSSR count). The van der Waals surface area contributed by atoms with Crippen LogP contribution < -0.4 is 5.73 Å². The Morgan fingerprint density at radius 1 is 1.29 bits per heavy atom. The highest BCUT2D eigenvalue weighted by molar-refractivity contribution is 6.07. The lowest BCUT2D eigenvalue weighted by molar-refractivity contribution is -0.141. The number of carbonyl (C=O) groups excluding carboxylic acids is 1. The van der Waals surface area contributed by atoms with E-state index in [1.54, 1.807) is 0 Å². The summed E-state index contributed by atoms with van der Waals surface area (Å²) in [6.45, 7) is 0.195. The van der Waals surface area contributed by atoms with Gasteiger partial charge in [0.1, 0.15) is 5.41 Å². The molecule has 1 aliphatic heterocycles. The third-order valence-corrected chi connectivity index (χ3v) is 3.76. The van der Waals surface area contributed by atoms with Crippen LogP contribution in [0.1, 0.15) is 19.3 Å². The van der Waals surface area contributed by atoms with Crippen LogP contribution in [0.3, 0.4) is 0 Å². The van der Waals surface area contributed by atoms with E-state index in [0.29, 0.717) is 12.8 Å². The maximum absolute atomic E-state index is 12.3. The number of hydrogen-bond acceptors (Lipinski definition) is 5. The Bertz CT molecular complexity index is 343. The van der Waals surface area contributed by atoms with Crippen molar-refractivity contribution in [1.82, 2.24) is 4.90 Å². The van der Waals surface area contributed by atoms with E-state index in [4.69, 9.17) is 10.9 Å². The summed E-state index contributed by atoms with van der Waals surface area (Å²) in [6.07, 6.45) is 0.113. The van der Waals surface area contributed by atoms with Crippen LogP contribution in [-0.4, -0.2) is 57.4 Å². The molecule has 1 heterocycles. The van der Waals surface area contributed by atoms with Crippen molar-refractivity contribution in [3.8, 4) is 0 Å². The van der Waals surface area contributed by atoms with Crippen LogP contribution in [0.5, 0.6) is 0 Å². The van der Waals surface area contributed by atoms with E-state index in [9.17, 15) is 15.0 Å². The quantitative estimate of drug-likeness (QED) is 0.203. The first-order valence-corrected chi connectivity index (χ1v) is 5.65. The number of nitrogens with zero attached hydrogens (tertiary/aromatic N) is 2. The Kier molecular flexibility index (Phi) is 2.96. The largest absolute Gasteiger partial charge is 0.409 e. The molecular weight excluding hydrogens is 226 g/mol. The molecule has 2 fully saturated rings. The van der Waals surface area contributed by atoms with Gasteiger partial charge in [0.05, 0.1) is 12.2 Å². The van der Waals surface area contributed by atoms with Gasteiger partial charge in [-0.1, -0.05) is 11.6 Å². The van der Waals surface area contributed by atoms with Gasteiger partial charge in [0.15, 0.2) is 5.84 Å². The number of rotatable bonds is 2. The maximum Gasteiger partial charge on any atom is 0.236 e. The molecule has 0 aromatic rings. The van der Waals surface area contributed by atoms with Gasteiger partial charge in [-0.3, -0.25) is 4.79 Å². The van der Waals surface area contributed by atoms with Crippen molar-refractivity contribution in [2.75, 3.05) is 13.1 Å². The number of amides is 1. The Morgan fingerprint density at radius 3 is 2.18 bits per heavy atom. The highest BCUT2D eigenvalue weighted by Gasteiger charge is 2.52. The van der Waals surface area contributed by atoms with Crippen molar-refractivity contribution in [2.45, 2.75) is 31.5 Å². The average Bonchev–Trinajstić information content (AvgIpc) is 2.57. The number of oxime groups is 1. The van der Waals surface area contributed by atoms with E-state index in [1.807, 2.05) is 0 Å². The summed E-state index contributed by atoms with van der Waals surface area (Å²) in [5, 5.41) is 30.5. The monoisotopic (exact) mass is 243 g/mol. The Morgan fingerprint density at radius 2 is 1.82 bits per heavy atom. The predicted molar refractivity (Wildman–Crippen MR) is 58.3 cm³/mol. The number of β-amino-alcohol motifs (C(OH)–C–C–N with tert-alkyl or cyclic N) is 2. The third-order valence-electron chi connectivity index (χ3n) is 3.76. The number of likely N-dealkylation sites (tertiary alicyclic amines) is 1. The molecule has 96 valence electrons. The van der Waals surface area contributed by atoms with Crippen molar-refractivity contribution in [1.29, 1.82) is 0 Å². The number of aliphatic hydroxyl groups excluding tert-OH is 2. The SMILES string of the molecule is NC(=NO)C1(C(=O)N2CC(O)C(O)C2)CCC1. The lowest BCUT2D eigenvalue weighted by Crippen LogP contribution is -2.55. The molecule has 17 heavy (non-hydrogen) atoms. The maximum atomic E-state index is 12.3. The van der Waals surface area contributed by atoms with E-state index in [1.165, 1.54) is 4.90 Å². The lowest BCUT2D eigenvalue weighted by atomic mass is 9.67. The van der Waals surface area contributed by atoms with Crippen molar-refractivity contribution < 1.29 is 20.2 Å². The van der Waals surface area contributed by atoms with Gasteiger partial charge in [-0.15, -0.1) is 0 Å². The summed E-state index contributed by atoms with van der Waals surface area (Å²) in [5.74, 6) is -0.348. The van der Waals surface area contributed by atoms with E-state index in [2.05, 4.69) is 5.16 Å². The fourth-order valence-corrected chi connectivity index (χ4v) is 2.44. The van der Waals surface area contributed by atoms with Crippen molar-refractivity contribution in [2.24, 2.45) is 16.3 Å². The van der Waals surface area contributed by atoms with Gasteiger partial charge in [0.2, 0.25) is 5.91 Å². The van der Waals surface area contributed by atoms with Crippen molar-refractivity contribution in [3.05, 3.63) is 0 Å². The molecule has 0 aromatic carbocycles. The normalized spacial score (nSPS) is 32.4. The number of amidine groups is 1. The summed E-state index contributed by atoms with van der Waals surface area (Å²) in [5.41, 5.74) is 4.65. The third kappa shape index (κ3) is 1.75. The van der Waals surface area contributed by atoms with Gasteiger partial charge in [-0.05, 0) is 12.8 Å². The molecule has 5 N–H and O–H groups in total. The van der Waals surface area contributed by atoms with Crippen LogP contribution in [0.4, 0.5) is 0 Å². The van der Waals surface area contributed by atoms with Gasteiger partial charge < -0.3 is 26.1 Å². The fourth-order valence-electron chi connectivity index (χ4n) is 2.44. The van der Waals surface area contributed by atoms with Crippen LogP contribution in [0.2, 0.25) is 0 Å². The number of nitrogens with two attached hydrogens (primary N) is 1. The molecule has 1 amide bonds. The second kappa shape index (κ2) is 4.15. The summed E-state index contributed by atoms with van der Waals surface area (Å²) >= 11 is 0. The molecule has 0 spiro atoms. The summed E-state index contributed by atoms with van der Waals surface area (Å²) < 4.78 is 0. The van der Waals surface area contributed by atoms with Crippen LogP contribution in [0.25, 0.3) is 0 Å². The lowest BCUT2D eigenvalue weighted by Gasteiger charge is -2.41. The van der Waals surface area contributed by atoms with Crippen LogP contribution in [0, 0.1) is 5.41 Å². The van der Waals surface area contributed by atoms with Crippen molar-refractivity contribution in [3.63, 3.8) is 0 Å². The fraction of sp³-hybridized carbons (Fsp3) is 0.800. The minimum Gasteiger partial charge on any atom is -0.409 e. The summed E-state index contributed by atoms with van der Waals surface area (Å²) in [6, 6.07) is 0. The van der Waals surface area contributed by atoms with Gasteiger partial charge in [0, 0.05) is 13.1 Å². The zero-order valence-corrected chi connectivity index (χ0v) is 9.41. The Balaban J connectivity index is 2.14. The molecule has 2 aliphatic rings. The average molecular weight is 243 g/mol. The molecule has 0 aromatic heterocycles. The van der Waals surface area contributed by atoms with Crippen molar-refractivity contribution >= 4 is 11.7 Å². The predicted octanol–water partition coefficient (Wildman–Crippen LogP) is -1.53. The zero-order valence-electron chi connectivity index (χ0n) is 9.41. The summed E-state index contributed by atoms with van der Waals surface area (Å²) in [7, 11) is 0. The van der Waals surface area contributed by atoms with E-state index < -0.39 is 17.6 Å². The highest BCUT2D eigenvalue weighted by atomic mass is 16.4. The zero-order chi connectivity index (χ0) is 12.6. The minimum absolute atomic E-state index is 0.0790. The topological polar surface area (TPSA) is 119 Å². The number of aliphatic hydroxyl groups is 2. The first-order chi connectivity index (χ1) is 8.01. The number of carbonyl (C=O) groups is 1. The first-order valence-electron chi connectivity index (χ1n) is 5.65. The van der Waals surface area contributed by atoms with E-state index in [0.717, 1.165) is 6.42 Å². The van der Waals surface area contributed by atoms with Crippen LogP contribution >= 0.6 is 0 Å². The minimum atomic E-state index is -0.932. The van der Waals surface area contributed by atoms with Gasteiger partial charge >= 0.3 is 0 Å². The molecule has 7 nitrogen and oxygen atoms in total. The molecule has 0 radical (unpaired) electrons. The standard InChI is InChI=1S/C10H17N3O4/c11-8(12-17)10(2-1-3-10)9(16)13-4-6(14)7(15)5-13/h6-7,14-15,17H,1-5H2,(H2,11,12). The van der Waals surface area contributed by atoms with E-state index >= 15 is 0 Å². The Labute approximate surface area is 98.5 Å². The molecular formula is C10H17N3O4. The molecule has 2 atom stereocenters. The molecule has 1 saturated heterocycles. The molecule has 1 saturated carbocycles. The summed E-state index contributed by atoms with van der Waals surface area (Å²) in [4.78, 5) is 13.7. The van der Waals surface area contributed by atoms with Crippen LogP contribution in [-0.2, 0) is 4.79 Å². The van der Waals surface area contributed by atoms with E-state index in [-0.39, 0.29) is 24.8 Å². The second-order valence-corrected chi connectivity index (χ2v) is 4.77. The molecule has 2 unspecified atom stereocenters. The van der Waals surface area contributed by atoms with Crippen LogP contribution in [0.15, 0.2) is 5.16 Å². The first kappa shape index (κ1) is 12.1. The van der Waals surface area contributed by atoms with Gasteiger partial charge in [-0.2, -0.15) is 0 Å². The number of hydrogen-bond donors (Lipinski definition) is 4. The molecule has 7 heteroatoms.